The molecule has 2 unspecified atom stereocenters. The Morgan fingerprint density at radius 3 is 2.65 bits per heavy atom. The van der Waals surface area contributed by atoms with E-state index < -0.39 is 0 Å². The third kappa shape index (κ3) is 5.41. The number of hydrogen-bond acceptors (Lipinski definition) is 2. The average Bonchev–Trinajstić information content (AvgIpc) is 2.51. The predicted molar refractivity (Wildman–Crippen MR) is 95.8 cm³/mol. The number of nitrogens with zero attached hydrogens (tertiary/aromatic N) is 3. The molecule has 1 fully saturated rings. The topological polar surface area (TPSA) is 49.6 Å². The van der Waals surface area contributed by atoms with E-state index in [2.05, 4.69) is 29.1 Å². The molecule has 0 aliphatic carbocycles. The highest BCUT2D eigenvalue weighted by Gasteiger charge is 2.23. The zero-order valence-corrected chi connectivity index (χ0v) is 14.7. The van der Waals surface area contributed by atoms with Gasteiger partial charge in [-0.2, -0.15) is 0 Å². The first-order valence-electron chi connectivity index (χ1n) is 8.71. The zero-order valence-electron chi connectivity index (χ0n) is 14.7. The second kappa shape index (κ2) is 8.75. The SMILES string of the molecule is CN=C(NCCCCn1ccccc1=O)N1CC(C)CC(C)C1. The van der Waals surface area contributed by atoms with Gasteiger partial charge in [0.1, 0.15) is 0 Å². The molecular formula is C18H30N4O. The molecule has 0 amide bonds. The van der Waals surface area contributed by atoms with Crippen molar-refractivity contribution >= 4 is 5.96 Å². The standard InChI is InChI=1S/C18H30N4O/c1-15-12-16(2)14-22(13-15)18(19-3)20-9-5-7-11-21-10-6-4-8-17(21)23/h4,6,8,10,15-16H,5,7,9,11-14H2,1-3H3,(H,19,20). The number of aliphatic imine (C=N–C) groups is 1. The van der Waals surface area contributed by atoms with Crippen molar-refractivity contribution < 1.29 is 0 Å². The van der Waals surface area contributed by atoms with E-state index in [4.69, 9.17) is 0 Å². The molecule has 2 atom stereocenters. The molecule has 1 N–H and O–H groups in total. The predicted octanol–water partition coefficient (Wildman–Crippen LogP) is 2.18. The fourth-order valence-corrected chi connectivity index (χ4v) is 3.42. The largest absolute Gasteiger partial charge is 0.356 e. The van der Waals surface area contributed by atoms with Crippen molar-refractivity contribution in [3.05, 3.63) is 34.7 Å². The van der Waals surface area contributed by atoms with Gasteiger partial charge >= 0.3 is 0 Å². The van der Waals surface area contributed by atoms with Crippen LogP contribution in [0.2, 0.25) is 0 Å². The van der Waals surface area contributed by atoms with Gasteiger partial charge in [-0.25, -0.2) is 0 Å². The second-order valence-electron chi connectivity index (χ2n) is 6.76. The third-order valence-corrected chi connectivity index (χ3v) is 4.39. The summed E-state index contributed by atoms with van der Waals surface area (Å²) in [5.41, 5.74) is 0.0764. The summed E-state index contributed by atoms with van der Waals surface area (Å²) in [5, 5.41) is 3.47. The van der Waals surface area contributed by atoms with Crippen LogP contribution in [0.1, 0.15) is 33.1 Å². The summed E-state index contributed by atoms with van der Waals surface area (Å²) in [6.07, 6.45) is 5.17. The van der Waals surface area contributed by atoms with E-state index in [0.29, 0.717) is 0 Å². The summed E-state index contributed by atoms with van der Waals surface area (Å²) >= 11 is 0. The van der Waals surface area contributed by atoms with Gasteiger partial charge in [-0.1, -0.05) is 19.9 Å². The number of rotatable bonds is 5. The van der Waals surface area contributed by atoms with Crippen LogP contribution < -0.4 is 10.9 Å². The van der Waals surface area contributed by atoms with Crippen molar-refractivity contribution in [1.29, 1.82) is 0 Å². The summed E-state index contributed by atoms with van der Waals surface area (Å²) in [4.78, 5) is 18.4. The van der Waals surface area contributed by atoms with Crippen LogP contribution in [0.5, 0.6) is 0 Å². The van der Waals surface area contributed by atoms with Crippen molar-refractivity contribution in [1.82, 2.24) is 14.8 Å². The number of likely N-dealkylation sites (tertiary alicyclic amines) is 1. The van der Waals surface area contributed by atoms with Crippen LogP contribution in [0.15, 0.2) is 34.2 Å². The molecule has 5 heteroatoms. The lowest BCUT2D eigenvalue weighted by Crippen LogP contribution is -2.48. The molecule has 1 aliphatic heterocycles. The molecule has 23 heavy (non-hydrogen) atoms. The maximum absolute atomic E-state index is 11.6. The van der Waals surface area contributed by atoms with E-state index >= 15 is 0 Å². The van der Waals surface area contributed by atoms with Gasteiger partial charge in [-0.3, -0.25) is 9.79 Å². The lowest BCUT2D eigenvalue weighted by molar-refractivity contribution is 0.208. The highest BCUT2D eigenvalue weighted by Crippen LogP contribution is 2.20. The monoisotopic (exact) mass is 318 g/mol. The fourth-order valence-electron chi connectivity index (χ4n) is 3.42. The van der Waals surface area contributed by atoms with Crippen LogP contribution in [0, 0.1) is 11.8 Å². The molecule has 0 aromatic carbocycles. The Morgan fingerprint density at radius 2 is 2.00 bits per heavy atom. The molecule has 0 spiro atoms. The van der Waals surface area contributed by atoms with Gasteiger partial charge in [0, 0.05) is 45.5 Å². The van der Waals surface area contributed by atoms with Gasteiger partial charge in [-0.05, 0) is 37.2 Å². The van der Waals surface area contributed by atoms with Crippen LogP contribution in [0.3, 0.4) is 0 Å². The zero-order chi connectivity index (χ0) is 16.7. The Balaban J connectivity index is 1.72. The first kappa shape index (κ1) is 17.6. The number of piperidine rings is 1. The normalized spacial score (nSPS) is 22.2. The van der Waals surface area contributed by atoms with Crippen molar-refractivity contribution in [2.24, 2.45) is 16.8 Å². The Morgan fingerprint density at radius 1 is 1.26 bits per heavy atom. The highest BCUT2D eigenvalue weighted by atomic mass is 16.1. The number of aryl methyl sites for hydroxylation is 1. The van der Waals surface area contributed by atoms with Gasteiger partial charge in [0.2, 0.25) is 5.56 Å². The van der Waals surface area contributed by atoms with E-state index in [1.165, 1.54) is 6.42 Å². The van der Waals surface area contributed by atoms with Gasteiger partial charge in [0.15, 0.2) is 5.96 Å². The van der Waals surface area contributed by atoms with Crippen LogP contribution in [0.25, 0.3) is 0 Å². The first-order chi connectivity index (χ1) is 11.1. The Bertz CT molecular complexity index is 556. The molecule has 5 nitrogen and oxygen atoms in total. The summed E-state index contributed by atoms with van der Waals surface area (Å²) < 4.78 is 1.77. The minimum atomic E-state index is 0.0764. The molecule has 0 radical (unpaired) electrons. The summed E-state index contributed by atoms with van der Waals surface area (Å²) in [5.74, 6) is 2.46. The molecule has 1 aliphatic rings. The number of unbranched alkanes of at least 4 members (excludes halogenated alkanes) is 1. The molecule has 1 saturated heterocycles. The molecule has 0 bridgehead atoms. The first-order valence-corrected chi connectivity index (χ1v) is 8.71. The molecular weight excluding hydrogens is 288 g/mol. The van der Waals surface area contributed by atoms with Crippen LogP contribution in [-0.4, -0.2) is 42.1 Å². The molecule has 2 heterocycles. The van der Waals surface area contributed by atoms with Crippen molar-refractivity contribution in [2.75, 3.05) is 26.7 Å². The van der Waals surface area contributed by atoms with E-state index in [1.54, 1.807) is 16.7 Å². The van der Waals surface area contributed by atoms with Gasteiger partial charge in [0.05, 0.1) is 0 Å². The Hall–Kier alpha value is -1.78. The summed E-state index contributed by atoms with van der Waals surface area (Å²) in [6, 6.07) is 5.30. The highest BCUT2D eigenvalue weighted by molar-refractivity contribution is 5.79. The quantitative estimate of drug-likeness (QED) is 0.514. The number of pyridine rings is 1. The van der Waals surface area contributed by atoms with Gasteiger partial charge in [0.25, 0.3) is 0 Å². The van der Waals surface area contributed by atoms with Crippen LogP contribution in [-0.2, 0) is 6.54 Å². The molecule has 1 aromatic rings. The van der Waals surface area contributed by atoms with Crippen LogP contribution >= 0.6 is 0 Å². The maximum atomic E-state index is 11.6. The molecule has 128 valence electrons. The third-order valence-electron chi connectivity index (χ3n) is 4.39. The smallest absolute Gasteiger partial charge is 0.250 e. The van der Waals surface area contributed by atoms with Crippen molar-refractivity contribution in [3.63, 3.8) is 0 Å². The molecule has 2 rings (SSSR count). The number of guanidine groups is 1. The fraction of sp³-hybridized carbons (Fsp3) is 0.667. The minimum absolute atomic E-state index is 0.0764. The van der Waals surface area contributed by atoms with Gasteiger partial charge in [-0.15, -0.1) is 0 Å². The number of nitrogens with one attached hydrogen (secondary N) is 1. The number of aromatic nitrogens is 1. The van der Waals surface area contributed by atoms with Gasteiger partial charge < -0.3 is 14.8 Å². The molecule has 0 saturated carbocycles. The van der Waals surface area contributed by atoms with Crippen LogP contribution in [0.4, 0.5) is 0 Å². The minimum Gasteiger partial charge on any atom is -0.356 e. The summed E-state index contributed by atoms with van der Waals surface area (Å²) in [7, 11) is 1.86. The van der Waals surface area contributed by atoms with E-state index in [9.17, 15) is 4.79 Å². The van der Waals surface area contributed by atoms with Crippen molar-refractivity contribution in [2.45, 2.75) is 39.7 Å². The Labute approximate surface area is 139 Å². The maximum Gasteiger partial charge on any atom is 0.250 e. The lowest BCUT2D eigenvalue weighted by Gasteiger charge is -2.37. The van der Waals surface area contributed by atoms with Crippen molar-refractivity contribution in [3.8, 4) is 0 Å². The van der Waals surface area contributed by atoms with E-state index in [0.717, 1.165) is 56.8 Å². The Kier molecular flexibility index (Phi) is 6.68. The average molecular weight is 318 g/mol. The molecule has 1 aromatic heterocycles. The van der Waals surface area contributed by atoms with E-state index in [-0.39, 0.29) is 5.56 Å². The second-order valence-corrected chi connectivity index (χ2v) is 6.76. The summed E-state index contributed by atoms with van der Waals surface area (Å²) in [6.45, 7) is 8.47. The lowest BCUT2D eigenvalue weighted by atomic mass is 9.92. The van der Waals surface area contributed by atoms with E-state index in [1.807, 2.05) is 19.3 Å². The number of hydrogen-bond donors (Lipinski definition) is 1.